The van der Waals surface area contributed by atoms with E-state index in [1.54, 1.807) is 0 Å². The van der Waals surface area contributed by atoms with E-state index in [1.807, 2.05) is 31.2 Å². The molecule has 0 unspecified atom stereocenters. The van der Waals surface area contributed by atoms with E-state index in [0.717, 1.165) is 5.69 Å². The summed E-state index contributed by atoms with van der Waals surface area (Å²) >= 11 is 0. The van der Waals surface area contributed by atoms with Gasteiger partial charge in [-0.05, 0) is 19.1 Å². The lowest BCUT2D eigenvalue weighted by atomic mass is 10.2. The van der Waals surface area contributed by atoms with Gasteiger partial charge in [-0.15, -0.1) is 0 Å². The zero-order valence-corrected chi connectivity index (χ0v) is 11.7. The fraction of sp³-hybridized carbons (Fsp3) is 0.400. The molecule has 1 rings (SSSR count). The summed E-state index contributed by atoms with van der Waals surface area (Å²) in [7, 11) is -6.57. The Kier molecular flexibility index (Phi) is 6.66. The van der Waals surface area contributed by atoms with E-state index in [-0.39, 0.29) is 0 Å². The molecule has 0 amide bonds. The predicted molar refractivity (Wildman–Crippen MR) is 66.4 cm³/mol. The lowest BCUT2D eigenvalue weighted by Crippen LogP contribution is -2.51. The molecule has 0 saturated heterocycles. The van der Waals surface area contributed by atoms with Crippen molar-refractivity contribution < 1.29 is 39.3 Å². The highest BCUT2D eigenvalue weighted by Gasteiger charge is 2.70. The average Bonchev–Trinajstić information content (AvgIpc) is 2.38. The van der Waals surface area contributed by atoms with Gasteiger partial charge < -0.3 is 5.43 Å². The summed E-state index contributed by atoms with van der Waals surface area (Å²) in [6, 6.07) is 7.90. The van der Waals surface area contributed by atoms with E-state index < -0.39 is 27.7 Å². The van der Waals surface area contributed by atoms with E-state index in [1.165, 1.54) is 5.56 Å². The molecule has 0 heterocycles. The van der Waals surface area contributed by atoms with Gasteiger partial charge >= 0.3 is 27.7 Å². The minimum absolute atomic E-state index is 0.945. The summed E-state index contributed by atoms with van der Waals surface area (Å²) in [4.78, 5) is 0. The van der Waals surface area contributed by atoms with Crippen molar-refractivity contribution in [3.05, 3.63) is 29.8 Å². The molecule has 22 heavy (non-hydrogen) atoms. The number of hydrogen-bond acceptors (Lipinski definition) is 4. The maximum absolute atomic E-state index is 11.9. The Hall–Kier alpha value is -1.53. The van der Waals surface area contributed by atoms with Crippen LogP contribution in [-0.2, 0) is 10.1 Å². The highest BCUT2D eigenvalue weighted by atomic mass is 32.2. The molecule has 128 valence electrons. The van der Waals surface area contributed by atoms with Gasteiger partial charge in [0, 0.05) is 5.69 Å². The summed E-state index contributed by atoms with van der Waals surface area (Å²) < 4.78 is 96.5. The number of nitrogen functional groups attached to an aromatic ring is 1. The van der Waals surface area contributed by atoms with E-state index in [9.17, 15) is 34.8 Å². The second-order valence-electron chi connectivity index (χ2n) is 3.93. The zero-order chi connectivity index (χ0) is 17.8. The number of rotatable bonds is 4. The number of nitrogens with one attached hydrogen (secondary N) is 1. The van der Waals surface area contributed by atoms with Crippen molar-refractivity contribution in [1.82, 2.24) is 0 Å². The van der Waals surface area contributed by atoms with Crippen molar-refractivity contribution in [2.24, 2.45) is 5.84 Å². The van der Waals surface area contributed by atoms with Gasteiger partial charge in [-0.1, -0.05) is 17.7 Å². The lowest BCUT2D eigenvalue weighted by molar-refractivity contribution is -0.227. The summed E-state index contributed by atoms with van der Waals surface area (Å²) in [6.45, 7) is 2.04. The van der Waals surface area contributed by atoms with E-state index in [4.69, 9.17) is 10.4 Å². The van der Waals surface area contributed by atoms with Crippen molar-refractivity contribution in [3.63, 3.8) is 0 Å². The minimum Gasteiger partial charge on any atom is -0.324 e. The van der Waals surface area contributed by atoms with Crippen LogP contribution in [0.1, 0.15) is 5.56 Å². The number of halogens is 6. The number of benzene rings is 1. The maximum Gasteiger partial charge on any atom is 0.437 e. The lowest BCUT2D eigenvalue weighted by Gasteiger charge is -2.22. The third kappa shape index (κ3) is 4.74. The van der Waals surface area contributed by atoms with Crippen LogP contribution in [0.2, 0.25) is 0 Å². The molecule has 1 aromatic rings. The van der Waals surface area contributed by atoms with Gasteiger partial charge in [0.25, 0.3) is 0 Å². The van der Waals surface area contributed by atoms with Crippen LogP contribution in [0.5, 0.6) is 0 Å². The third-order valence-electron chi connectivity index (χ3n) is 2.20. The van der Waals surface area contributed by atoms with Gasteiger partial charge in [0.1, 0.15) is 0 Å². The molecule has 12 heteroatoms. The van der Waals surface area contributed by atoms with Gasteiger partial charge in [0.15, 0.2) is 0 Å². The van der Waals surface area contributed by atoms with E-state index in [0.29, 0.717) is 0 Å². The highest BCUT2D eigenvalue weighted by Crippen LogP contribution is 2.42. The quantitative estimate of drug-likeness (QED) is 0.335. The Morgan fingerprint density at radius 2 is 1.55 bits per heavy atom. The molecule has 1 aromatic carbocycles. The zero-order valence-electron chi connectivity index (χ0n) is 10.9. The largest absolute Gasteiger partial charge is 0.437 e. The molecule has 0 aliphatic rings. The van der Waals surface area contributed by atoms with E-state index in [2.05, 4.69) is 5.43 Å². The standard InChI is InChI=1S/C7H10N2.C3H2F6O3S/c1-6-2-4-7(9-8)5-3-6;4-1(5)2(6,7)3(8,9)13(10,11)12/h2-5,9H,8H2,1H3;1H,(H,10,11,12). The van der Waals surface area contributed by atoms with Crippen molar-refractivity contribution in [2.45, 2.75) is 24.5 Å². The molecule has 0 aliphatic carbocycles. The molecular formula is C10H12F6N2O3S. The van der Waals surface area contributed by atoms with Crippen LogP contribution in [0.3, 0.4) is 0 Å². The van der Waals surface area contributed by atoms with Crippen LogP contribution in [0.4, 0.5) is 32.0 Å². The van der Waals surface area contributed by atoms with Gasteiger partial charge in [-0.2, -0.15) is 26.0 Å². The predicted octanol–water partition coefficient (Wildman–Crippen LogP) is 2.65. The topological polar surface area (TPSA) is 92.4 Å². The first-order valence-corrected chi connectivity index (χ1v) is 6.75. The number of nitrogens with two attached hydrogens (primary N) is 1. The summed E-state index contributed by atoms with van der Waals surface area (Å²) in [6.07, 6.45) is -4.90. The van der Waals surface area contributed by atoms with Gasteiger partial charge in [-0.25, -0.2) is 8.78 Å². The molecule has 0 radical (unpaired) electrons. The number of anilines is 1. The Balaban J connectivity index is 0.000000425. The average molecular weight is 354 g/mol. The minimum atomic E-state index is -6.57. The fourth-order valence-electron chi connectivity index (χ4n) is 0.949. The molecule has 5 nitrogen and oxygen atoms in total. The smallest absolute Gasteiger partial charge is 0.324 e. The molecule has 0 bridgehead atoms. The van der Waals surface area contributed by atoms with Crippen molar-refractivity contribution >= 4 is 15.8 Å². The number of hydrazine groups is 1. The van der Waals surface area contributed by atoms with Crippen molar-refractivity contribution in [1.29, 1.82) is 0 Å². The summed E-state index contributed by atoms with van der Waals surface area (Å²) in [5.74, 6) is -0.975. The molecule has 0 aromatic heterocycles. The molecule has 4 N–H and O–H groups in total. The number of alkyl halides is 6. The van der Waals surface area contributed by atoms with Crippen LogP contribution in [0, 0.1) is 6.92 Å². The Morgan fingerprint density at radius 3 is 1.77 bits per heavy atom. The molecular weight excluding hydrogens is 342 g/mol. The second-order valence-corrected chi connectivity index (χ2v) is 5.39. The van der Waals surface area contributed by atoms with Crippen LogP contribution in [0.15, 0.2) is 24.3 Å². The van der Waals surface area contributed by atoms with Crippen LogP contribution in [-0.4, -0.2) is 30.6 Å². The Morgan fingerprint density at radius 1 is 1.14 bits per heavy atom. The first kappa shape index (κ1) is 20.5. The van der Waals surface area contributed by atoms with Crippen LogP contribution < -0.4 is 11.3 Å². The van der Waals surface area contributed by atoms with Crippen molar-refractivity contribution in [3.8, 4) is 0 Å². The van der Waals surface area contributed by atoms with Crippen LogP contribution >= 0.6 is 0 Å². The highest BCUT2D eigenvalue weighted by molar-refractivity contribution is 7.87. The van der Waals surface area contributed by atoms with E-state index >= 15 is 0 Å². The third-order valence-corrected chi connectivity index (χ3v) is 3.12. The Bertz CT molecular complexity index is 577. The monoisotopic (exact) mass is 354 g/mol. The maximum atomic E-state index is 11.9. The van der Waals surface area contributed by atoms with Crippen LogP contribution in [0.25, 0.3) is 0 Å². The van der Waals surface area contributed by atoms with Gasteiger partial charge in [-0.3, -0.25) is 10.4 Å². The first-order valence-electron chi connectivity index (χ1n) is 5.31. The normalized spacial score (nSPS) is 12.6. The SMILES string of the molecule is Cc1ccc(NN)cc1.O=S(=O)(O)C(F)(F)C(F)(F)C(F)F. The molecule has 0 atom stereocenters. The summed E-state index contributed by atoms with van der Waals surface area (Å²) in [5.41, 5.74) is 4.74. The molecule has 0 saturated carbocycles. The Labute approximate surface area is 121 Å². The molecule has 0 spiro atoms. The number of aryl methyl sites for hydroxylation is 1. The number of hydrogen-bond donors (Lipinski definition) is 3. The van der Waals surface area contributed by atoms with Crippen molar-refractivity contribution in [2.75, 3.05) is 5.43 Å². The fourth-order valence-corrected chi connectivity index (χ4v) is 1.38. The second kappa shape index (κ2) is 7.15. The van der Waals surface area contributed by atoms with Gasteiger partial charge in [0.2, 0.25) is 0 Å². The first-order chi connectivity index (χ1) is 9.77. The molecule has 0 aliphatic heterocycles. The molecule has 0 fully saturated rings. The van der Waals surface area contributed by atoms with Gasteiger partial charge in [0.05, 0.1) is 0 Å². The summed E-state index contributed by atoms with van der Waals surface area (Å²) in [5, 5.41) is -6.20.